The highest BCUT2D eigenvalue weighted by Gasteiger charge is 2.32. The first kappa shape index (κ1) is 25.9. The molecule has 4 aromatic rings. The molecule has 2 heterocycles. The normalized spacial score (nSPS) is 12.7. The summed E-state index contributed by atoms with van der Waals surface area (Å²) in [6, 6.07) is 11.4. The summed E-state index contributed by atoms with van der Waals surface area (Å²) >= 11 is 0. The third-order valence-electron chi connectivity index (χ3n) is 5.82. The zero-order chi connectivity index (χ0) is 26.6. The van der Waals surface area contributed by atoms with Crippen LogP contribution in [0.25, 0.3) is 22.3 Å². The lowest BCUT2D eigenvalue weighted by Crippen LogP contribution is -2.46. The van der Waals surface area contributed by atoms with Crippen LogP contribution in [-0.4, -0.2) is 65.8 Å². The van der Waals surface area contributed by atoms with E-state index < -0.39 is 11.6 Å². The summed E-state index contributed by atoms with van der Waals surface area (Å²) < 4.78 is 23.9. The van der Waals surface area contributed by atoms with Gasteiger partial charge in [0.1, 0.15) is 11.5 Å². The van der Waals surface area contributed by atoms with E-state index >= 15 is 0 Å². The Morgan fingerprint density at radius 2 is 1.73 bits per heavy atom. The monoisotopic (exact) mass is 505 g/mol. The molecular weight excluding hydrogens is 474 g/mol. The van der Waals surface area contributed by atoms with E-state index in [4.69, 9.17) is 23.9 Å². The molecule has 0 aliphatic carbocycles. The number of benzene rings is 2. The van der Waals surface area contributed by atoms with Crippen LogP contribution >= 0.6 is 0 Å². The van der Waals surface area contributed by atoms with Gasteiger partial charge in [0.2, 0.25) is 0 Å². The predicted octanol–water partition coefficient (Wildman–Crippen LogP) is 4.15. The number of ether oxygens (including phenoxy) is 4. The zero-order valence-corrected chi connectivity index (χ0v) is 21.9. The summed E-state index contributed by atoms with van der Waals surface area (Å²) in [6.07, 6.45) is 5.38. The van der Waals surface area contributed by atoms with Crippen molar-refractivity contribution in [3.05, 3.63) is 55.0 Å². The van der Waals surface area contributed by atoms with Crippen LogP contribution in [0.5, 0.6) is 11.5 Å². The highest BCUT2D eigenvalue weighted by molar-refractivity contribution is 5.83. The predicted molar refractivity (Wildman–Crippen MR) is 140 cm³/mol. The molecule has 10 nitrogen and oxygen atoms in total. The fourth-order valence-corrected chi connectivity index (χ4v) is 4.23. The molecule has 194 valence electrons. The maximum Gasteiger partial charge on any atom is 0.303 e. The number of hydrogen-bond acceptors (Lipinski definition) is 9. The second kappa shape index (κ2) is 10.8. The van der Waals surface area contributed by atoms with Crippen molar-refractivity contribution in [3.63, 3.8) is 0 Å². The number of anilines is 2. The highest BCUT2D eigenvalue weighted by atomic mass is 16.6. The molecule has 0 aliphatic rings. The molecule has 2 aromatic carbocycles. The summed E-state index contributed by atoms with van der Waals surface area (Å²) in [5.74, 6) is 0.854. The summed E-state index contributed by atoms with van der Waals surface area (Å²) in [6.45, 7) is 3.71. The molecule has 0 amide bonds. The van der Waals surface area contributed by atoms with E-state index in [-0.39, 0.29) is 13.2 Å². The van der Waals surface area contributed by atoms with Crippen molar-refractivity contribution in [3.8, 4) is 22.8 Å². The van der Waals surface area contributed by atoms with Gasteiger partial charge in [-0.25, -0.2) is 4.98 Å². The molecule has 0 N–H and O–H groups in total. The van der Waals surface area contributed by atoms with E-state index in [1.807, 2.05) is 55.4 Å². The van der Waals surface area contributed by atoms with Crippen molar-refractivity contribution >= 4 is 28.4 Å². The first-order valence-electron chi connectivity index (χ1n) is 11.7. The maximum atomic E-state index is 12.0. The third-order valence-corrected chi connectivity index (χ3v) is 5.82. The molecule has 2 aromatic heterocycles. The molecule has 0 saturated heterocycles. The minimum Gasteiger partial charge on any atom is -0.497 e. The van der Waals surface area contributed by atoms with E-state index in [9.17, 15) is 4.79 Å². The van der Waals surface area contributed by atoms with Gasteiger partial charge in [-0.05, 0) is 25.1 Å². The van der Waals surface area contributed by atoms with Crippen LogP contribution < -0.4 is 14.4 Å². The Labute approximate surface area is 215 Å². The molecule has 0 radical (unpaired) electrons. The Kier molecular flexibility index (Phi) is 7.58. The third kappa shape index (κ3) is 5.97. The van der Waals surface area contributed by atoms with Crippen molar-refractivity contribution in [2.75, 3.05) is 39.4 Å². The quantitative estimate of drug-likeness (QED) is 0.294. The van der Waals surface area contributed by atoms with Gasteiger partial charge < -0.3 is 23.8 Å². The number of carbonyl (C=O) groups excluding carboxylic acids is 1. The Balaban J connectivity index is 1.84. The fourth-order valence-electron chi connectivity index (χ4n) is 4.23. The summed E-state index contributed by atoms with van der Waals surface area (Å²) in [7, 11) is 6.63. The van der Waals surface area contributed by atoms with Crippen molar-refractivity contribution in [2.24, 2.45) is 7.05 Å². The Hall–Kier alpha value is -4.18. The van der Waals surface area contributed by atoms with Crippen LogP contribution in [0.3, 0.4) is 0 Å². The topological polar surface area (TPSA) is 101 Å². The maximum absolute atomic E-state index is 12.0. The van der Waals surface area contributed by atoms with Gasteiger partial charge in [-0.3, -0.25) is 14.5 Å². The van der Waals surface area contributed by atoms with E-state index in [2.05, 4.69) is 10.1 Å². The molecule has 10 heteroatoms. The van der Waals surface area contributed by atoms with Crippen LogP contribution in [0.1, 0.15) is 13.8 Å². The van der Waals surface area contributed by atoms with Crippen LogP contribution in [0.4, 0.5) is 11.4 Å². The van der Waals surface area contributed by atoms with Crippen molar-refractivity contribution in [2.45, 2.75) is 19.4 Å². The second-order valence-electron chi connectivity index (χ2n) is 8.96. The Morgan fingerprint density at radius 3 is 2.32 bits per heavy atom. The first-order valence-corrected chi connectivity index (χ1v) is 11.7. The number of rotatable bonds is 10. The number of hydrogen-bond donors (Lipinski definition) is 0. The van der Waals surface area contributed by atoms with Crippen LogP contribution in [-0.2, 0) is 21.3 Å². The van der Waals surface area contributed by atoms with Gasteiger partial charge in [0.15, 0.2) is 5.60 Å². The largest absolute Gasteiger partial charge is 0.497 e. The number of nitrogens with zero attached hydrogens (tertiary/aromatic N) is 5. The number of aromatic nitrogens is 4. The fraction of sp³-hybridized carbons (Fsp3) is 0.333. The Morgan fingerprint density at radius 1 is 1.00 bits per heavy atom. The lowest BCUT2D eigenvalue weighted by Gasteiger charge is -2.36. The summed E-state index contributed by atoms with van der Waals surface area (Å²) in [4.78, 5) is 23.4. The zero-order valence-electron chi connectivity index (χ0n) is 21.9. The minimum absolute atomic E-state index is 0.197. The minimum atomic E-state index is -0.949. The van der Waals surface area contributed by atoms with Crippen LogP contribution in [0.15, 0.2) is 55.0 Å². The summed E-state index contributed by atoms with van der Waals surface area (Å²) in [5.41, 5.74) is 3.70. The lowest BCUT2D eigenvalue weighted by molar-refractivity contribution is -0.159. The van der Waals surface area contributed by atoms with Gasteiger partial charge in [-0.15, -0.1) is 0 Å². The van der Waals surface area contributed by atoms with Crippen molar-refractivity contribution < 1.29 is 23.7 Å². The van der Waals surface area contributed by atoms with Crippen LogP contribution in [0, 0.1) is 0 Å². The lowest BCUT2D eigenvalue weighted by atomic mass is 10.1. The average molecular weight is 506 g/mol. The first-order chi connectivity index (χ1) is 17.7. The van der Waals surface area contributed by atoms with Gasteiger partial charge in [0.05, 0.1) is 56.5 Å². The number of methoxy groups -OCH3 is 3. The average Bonchev–Trinajstić information content (AvgIpc) is 3.32. The number of aryl methyl sites for hydroxylation is 1. The molecule has 0 bridgehead atoms. The second-order valence-corrected chi connectivity index (χ2v) is 8.96. The molecule has 37 heavy (non-hydrogen) atoms. The van der Waals surface area contributed by atoms with E-state index in [0.717, 1.165) is 28.1 Å². The highest BCUT2D eigenvalue weighted by Crippen LogP contribution is 2.36. The van der Waals surface area contributed by atoms with Gasteiger partial charge in [-0.1, -0.05) is 0 Å². The SMILES string of the molecule is COC[C@](C)(CN(c1cc(OC)cc(OC)c1)c1ccc2ncc(-c3cnn(C)c3)nc2c1)OC(C)=O. The van der Waals surface area contributed by atoms with Crippen molar-refractivity contribution in [1.82, 2.24) is 19.7 Å². The van der Waals surface area contributed by atoms with Crippen molar-refractivity contribution in [1.29, 1.82) is 0 Å². The molecule has 0 unspecified atom stereocenters. The van der Waals surface area contributed by atoms with Crippen LogP contribution in [0.2, 0.25) is 0 Å². The number of esters is 1. The van der Waals surface area contributed by atoms with Gasteiger partial charge >= 0.3 is 5.97 Å². The van der Waals surface area contributed by atoms with Gasteiger partial charge in [0, 0.05) is 62.4 Å². The van der Waals surface area contributed by atoms with Gasteiger partial charge in [0.25, 0.3) is 0 Å². The molecule has 0 aliphatic heterocycles. The number of fused-ring (bicyclic) bond motifs is 1. The van der Waals surface area contributed by atoms with E-state index in [0.29, 0.717) is 17.0 Å². The molecule has 4 rings (SSSR count). The summed E-state index contributed by atoms with van der Waals surface area (Å²) in [5, 5.41) is 4.24. The molecule has 0 spiro atoms. The van der Waals surface area contributed by atoms with Gasteiger partial charge in [-0.2, -0.15) is 5.10 Å². The van der Waals surface area contributed by atoms with E-state index in [1.54, 1.807) is 44.5 Å². The van der Waals surface area contributed by atoms with E-state index in [1.165, 1.54) is 6.92 Å². The molecular formula is C27H31N5O5. The Bertz CT molecular complexity index is 1380. The molecule has 0 saturated carbocycles. The molecule has 0 fully saturated rings. The standard InChI is InChI=1S/C27H31N5O5/c1-18(33)37-27(2,17-34-4)16-32(21-9-22(35-5)12-23(10-21)36-6)20-7-8-24-25(11-20)30-26(14-28-24)19-13-29-31(3)15-19/h7-15H,16-17H2,1-6H3/t27-/m0/s1. The smallest absolute Gasteiger partial charge is 0.303 e. The molecule has 1 atom stereocenters. The number of carbonyl (C=O) groups is 1.